The molecule has 0 saturated heterocycles. The molecule has 0 amide bonds. The Labute approximate surface area is 122 Å². The smallest absolute Gasteiger partial charge is 0.138 e. The Bertz CT molecular complexity index is 667. The van der Waals surface area contributed by atoms with E-state index in [1.807, 2.05) is 18.2 Å². The minimum absolute atomic E-state index is 0. The van der Waals surface area contributed by atoms with E-state index < -0.39 is 0 Å². The topological polar surface area (TPSA) is 37.8 Å². The predicted octanol–water partition coefficient (Wildman–Crippen LogP) is 0.616. The molecule has 5 heteroatoms. The van der Waals surface area contributed by atoms with Gasteiger partial charge in [0.15, 0.2) is 0 Å². The van der Waals surface area contributed by atoms with E-state index in [1.54, 1.807) is 17.7 Å². The van der Waals surface area contributed by atoms with E-state index >= 15 is 0 Å². The maximum atomic E-state index is 4.32. The van der Waals surface area contributed by atoms with Gasteiger partial charge in [-0.25, -0.2) is 9.97 Å². The molecule has 0 aliphatic rings. The SMILES string of the molecule is Cc1cc2c(NCc3ccccc3)ncnc2s1.[Cl-]. The van der Waals surface area contributed by atoms with E-state index in [-0.39, 0.29) is 12.4 Å². The Morgan fingerprint density at radius 1 is 1.16 bits per heavy atom. The molecular weight excluding hydrogens is 278 g/mol. The number of anilines is 1. The van der Waals surface area contributed by atoms with Crippen molar-refractivity contribution in [1.29, 1.82) is 0 Å². The van der Waals surface area contributed by atoms with Gasteiger partial charge >= 0.3 is 0 Å². The number of hydrogen-bond donors (Lipinski definition) is 1. The summed E-state index contributed by atoms with van der Waals surface area (Å²) in [5, 5.41) is 4.48. The highest BCUT2D eigenvalue weighted by Crippen LogP contribution is 2.27. The van der Waals surface area contributed by atoms with Gasteiger partial charge in [0, 0.05) is 11.4 Å². The maximum absolute atomic E-state index is 4.32. The van der Waals surface area contributed by atoms with Crippen LogP contribution in [0.4, 0.5) is 5.82 Å². The Morgan fingerprint density at radius 2 is 1.95 bits per heavy atom. The third-order valence-electron chi connectivity index (χ3n) is 2.76. The molecular formula is C14H13ClN3S-. The van der Waals surface area contributed by atoms with Crippen LogP contribution in [0.5, 0.6) is 0 Å². The molecule has 3 nitrogen and oxygen atoms in total. The maximum Gasteiger partial charge on any atom is 0.138 e. The van der Waals surface area contributed by atoms with Gasteiger partial charge in [0.25, 0.3) is 0 Å². The van der Waals surface area contributed by atoms with Gasteiger partial charge in [-0.3, -0.25) is 0 Å². The molecule has 2 heterocycles. The Balaban J connectivity index is 0.00000133. The summed E-state index contributed by atoms with van der Waals surface area (Å²) in [6.07, 6.45) is 1.62. The molecule has 0 spiro atoms. The van der Waals surface area contributed by atoms with E-state index in [9.17, 15) is 0 Å². The molecule has 0 saturated carbocycles. The Hall–Kier alpha value is -1.65. The average molecular weight is 291 g/mol. The molecule has 3 rings (SSSR count). The molecule has 0 aliphatic carbocycles. The number of aromatic nitrogens is 2. The van der Waals surface area contributed by atoms with Crippen LogP contribution in [0.2, 0.25) is 0 Å². The summed E-state index contributed by atoms with van der Waals surface area (Å²) in [6, 6.07) is 12.4. The summed E-state index contributed by atoms with van der Waals surface area (Å²) >= 11 is 1.70. The fraction of sp³-hybridized carbons (Fsp3) is 0.143. The molecule has 0 unspecified atom stereocenters. The summed E-state index contributed by atoms with van der Waals surface area (Å²) < 4.78 is 0. The van der Waals surface area contributed by atoms with E-state index in [4.69, 9.17) is 0 Å². The molecule has 1 N–H and O–H groups in total. The zero-order chi connectivity index (χ0) is 12.4. The number of nitrogens with zero attached hydrogens (tertiary/aromatic N) is 2. The Kier molecular flexibility index (Phi) is 4.35. The van der Waals surface area contributed by atoms with Crippen LogP contribution in [0, 0.1) is 6.92 Å². The summed E-state index contributed by atoms with van der Waals surface area (Å²) in [4.78, 5) is 10.9. The van der Waals surface area contributed by atoms with Crippen LogP contribution in [0.1, 0.15) is 10.4 Å². The largest absolute Gasteiger partial charge is 1.00 e. The normalized spacial score (nSPS) is 10.2. The first kappa shape index (κ1) is 13.8. The van der Waals surface area contributed by atoms with Crippen molar-refractivity contribution in [2.45, 2.75) is 13.5 Å². The second-order valence-electron chi connectivity index (χ2n) is 4.14. The quantitative estimate of drug-likeness (QED) is 0.768. The molecule has 19 heavy (non-hydrogen) atoms. The van der Waals surface area contributed by atoms with Crippen LogP contribution >= 0.6 is 11.3 Å². The lowest BCUT2D eigenvalue weighted by molar-refractivity contribution is -0.00000366. The first-order valence-corrected chi connectivity index (χ1v) is 6.63. The number of fused-ring (bicyclic) bond motifs is 1. The molecule has 0 radical (unpaired) electrons. The van der Waals surface area contributed by atoms with Gasteiger partial charge in [0.2, 0.25) is 0 Å². The minimum Gasteiger partial charge on any atom is -1.00 e. The molecule has 1 aromatic carbocycles. The lowest BCUT2D eigenvalue weighted by atomic mass is 10.2. The Morgan fingerprint density at radius 3 is 2.74 bits per heavy atom. The van der Waals surface area contributed by atoms with Crippen molar-refractivity contribution in [1.82, 2.24) is 9.97 Å². The van der Waals surface area contributed by atoms with Crippen molar-refractivity contribution in [2.24, 2.45) is 0 Å². The monoisotopic (exact) mass is 290 g/mol. The van der Waals surface area contributed by atoms with Gasteiger partial charge in [-0.2, -0.15) is 0 Å². The highest BCUT2D eigenvalue weighted by Gasteiger charge is 2.06. The molecule has 0 atom stereocenters. The number of thiophene rings is 1. The fourth-order valence-corrected chi connectivity index (χ4v) is 2.75. The average Bonchev–Trinajstić information content (AvgIpc) is 2.78. The van der Waals surface area contributed by atoms with Gasteiger partial charge in [-0.05, 0) is 18.6 Å². The first-order valence-electron chi connectivity index (χ1n) is 5.82. The third kappa shape index (κ3) is 3.03. The predicted molar refractivity (Wildman–Crippen MR) is 75.9 cm³/mol. The fourth-order valence-electron chi connectivity index (χ4n) is 1.90. The lowest BCUT2D eigenvalue weighted by Gasteiger charge is -2.06. The zero-order valence-electron chi connectivity index (χ0n) is 10.4. The molecule has 2 aromatic heterocycles. The molecule has 3 aromatic rings. The third-order valence-corrected chi connectivity index (χ3v) is 3.71. The second-order valence-corrected chi connectivity index (χ2v) is 5.37. The van der Waals surface area contributed by atoms with Gasteiger partial charge < -0.3 is 17.7 Å². The number of nitrogens with one attached hydrogen (secondary N) is 1. The van der Waals surface area contributed by atoms with Crippen molar-refractivity contribution in [3.63, 3.8) is 0 Å². The van der Waals surface area contributed by atoms with Crippen molar-refractivity contribution in [2.75, 3.05) is 5.32 Å². The lowest BCUT2D eigenvalue weighted by Crippen LogP contribution is -3.00. The number of benzene rings is 1. The molecule has 98 valence electrons. The summed E-state index contributed by atoms with van der Waals surface area (Å²) in [5.41, 5.74) is 1.25. The van der Waals surface area contributed by atoms with Crippen LogP contribution in [0.25, 0.3) is 10.2 Å². The van der Waals surface area contributed by atoms with Crippen molar-refractivity contribution >= 4 is 27.4 Å². The summed E-state index contributed by atoms with van der Waals surface area (Å²) in [7, 11) is 0. The van der Waals surface area contributed by atoms with Crippen LogP contribution in [0.15, 0.2) is 42.7 Å². The summed E-state index contributed by atoms with van der Waals surface area (Å²) in [6.45, 7) is 2.87. The van der Waals surface area contributed by atoms with Crippen LogP contribution in [-0.4, -0.2) is 9.97 Å². The van der Waals surface area contributed by atoms with E-state index in [2.05, 4.69) is 40.4 Å². The van der Waals surface area contributed by atoms with E-state index in [0.717, 1.165) is 22.6 Å². The van der Waals surface area contributed by atoms with Crippen molar-refractivity contribution in [3.8, 4) is 0 Å². The number of rotatable bonds is 3. The highest BCUT2D eigenvalue weighted by atomic mass is 35.5. The van der Waals surface area contributed by atoms with E-state index in [1.165, 1.54) is 10.4 Å². The van der Waals surface area contributed by atoms with E-state index in [0.29, 0.717) is 0 Å². The molecule has 0 fully saturated rings. The van der Waals surface area contributed by atoms with Gasteiger partial charge in [-0.1, -0.05) is 30.3 Å². The van der Waals surface area contributed by atoms with Crippen LogP contribution in [-0.2, 0) is 6.54 Å². The van der Waals surface area contributed by atoms with Gasteiger partial charge in [0.1, 0.15) is 17.0 Å². The molecule has 0 bridgehead atoms. The number of halogens is 1. The van der Waals surface area contributed by atoms with Gasteiger partial charge in [-0.15, -0.1) is 11.3 Å². The highest BCUT2D eigenvalue weighted by molar-refractivity contribution is 7.18. The summed E-state index contributed by atoms with van der Waals surface area (Å²) in [5.74, 6) is 0.910. The number of hydrogen-bond acceptors (Lipinski definition) is 4. The van der Waals surface area contributed by atoms with Crippen molar-refractivity contribution in [3.05, 3.63) is 53.2 Å². The van der Waals surface area contributed by atoms with Crippen molar-refractivity contribution < 1.29 is 12.4 Å². The molecule has 0 aliphatic heterocycles. The standard InChI is InChI=1S/C14H13N3S.ClH/c1-10-7-12-13(16-9-17-14(12)18-10)15-8-11-5-3-2-4-6-11;/h2-7,9H,8H2,1H3,(H,15,16,17);1H/p-1. The number of aryl methyl sites for hydroxylation is 1. The zero-order valence-corrected chi connectivity index (χ0v) is 12.0. The van der Waals surface area contributed by atoms with Gasteiger partial charge in [0.05, 0.1) is 5.39 Å². The first-order chi connectivity index (χ1) is 8.83. The minimum atomic E-state index is 0. The van der Waals surface area contributed by atoms with Crippen LogP contribution < -0.4 is 17.7 Å². The second kappa shape index (κ2) is 5.99. The van der Waals surface area contributed by atoms with Crippen LogP contribution in [0.3, 0.4) is 0 Å².